The number of rotatable bonds is 6. The normalized spacial score (nSPS) is 18.8. The van der Waals surface area contributed by atoms with E-state index in [4.69, 9.17) is 0 Å². The highest BCUT2D eigenvalue weighted by Gasteiger charge is 2.39. The van der Waals surface area contributed by atoms with Gasteiger partial charge >= 0.3 is 12.4 Å². The first-order chi connectivity index (χ1) is 19.4. The number of hydrogen-bond donors (Lipinski definition) is 1. The quantitative estimate of drug-likeness (QED) is 0.318. The fourth-order valence-electron chi connectivity index (χ4n) is 6.11. The second-order valence-corrected chi connectivity index (χ2v) is 11.0. The lowest BCUT2D eigenvalue weighted by Gasteiger charge is -2.42. The molecule has 1 aliphatic heterocycles. The van der Waals surface area contributed by atoms with Crippen molar-refractivity contribution in [2.75, 3.05) is 19.6 Å². The number of piperazine rings is 1. The second kappa shape index (κ2) is 11.4. The molecule has 1 saturated heterocycles. The molecular formula is C30H31F6N3O2. The maximum atomic E-state index is 13.6. The highest BCUT2D eigenvalue weighted by atomic mass is 19.4. The van der Waals surface area contributed by atoms with Gasteiger partial charge in [-0.2, -0.15) is 26.3 Å². The Labute approximate surface area is 233 Å². The van der Waals surface area contributed by atoms with Gasteiger partial charge in [-0.1, -0.05) is 43.9 Å². The van der Waals surface area contributed by atoms with Crippen molar-refractivity contribution in [3.8, 4) is 0 Å². The minimum atomic E-state index is -5.07. The first-order valence-electron chi connectivity index (χ1n) is 13.8. The number of benzene rings is 2. The van der Waals surface area contributed by atoms with Crippen molar-refractivity contribution < 1.29 is 35.9 Å². The van der Waals surface area contributed by atoms with Crippen LogP contribution < -0.4 is 0 Å². The summed E-state index contributed by atoms with van der Waals surface area (Å²) in [5.41, 5.74) is -2.07. The van der Waals surface area contributed by atoms with Crippen LogP contribution >= 0.6 is 0 Å². The molecule has 0 radical (unpaired) electrons. The number of hydrogen-bond acceptors (Lipinski definition) is 2. The number of para-hydroxylation sites is 1. The minimum absolute atomic E-state index is 0.00137. The van der Waals surface area contributed by atoms with E-state index in [1.54, 1.807) is 11.1 Å². The maximum Gasteiger partial charge on any atom is 0.416 e. The van der Waals surface area contributed by atoms with Crippen LogP contribution in [0.2, 0.25) is 0 Å². The van der Waals surface area contributed by atoms with Gasteiger partial charge in [0.1, 0.15) is 0 Å². The zero-order chi connectivity index (χ0) is 29.4. The Hall–Kier alpha value is -3.50. The van der Waals surface area contributed by atoms with Gasteiger partial charge in [0.25, 0.3) is 5.91 Å². The van der Waals surface area contributed by atoms with Crippen molar-refractivity contribution in [2.24, 2.45) is 5.92 Å². The number of H-pyrrole nitrogens is 1. The van der Waals surface area contributed by atoms with E-state index in [2.05, 4.69) is 4.98 Å². The van der Waals surface area contributed by atoms with Gasteiger partial charge in [0.15, 0.2) is 0 Å². The van der Waals surface area contributed by atoms with Gasteiger partial charge in [0, 0.05) is 48.7 Å². The third-order valence-corrected chi connectivity index (χ3v) is 8.30. The summed E-state index contributed by atoms with van der Waals surface area (Å²) in [5.74, 6) is -0.455. The molecule has 0 unspecified atom stereocenters. The van der Waals surface area contributed by atoms with Crippen LogP contribution in [-0.2, 0) is 23.6 Å². The number of halogens is 6. The molecule has 5 nitrogen and oxygen atoms in total. The summed E-state index contributed by atoms with van der Waals surface area (Å²) in [6, 6.07) is 7.79. The van der Waals surface area contributed by atoms with Crippen LogP contribution in [0.1, 0.15) is 65.6 Å². The first-order valence-corrected chi connectivity index (χ1v) is 13.8. The minimum Gasteiger partial charge on any atom is -0.361 e. The molecule has 1 aromatic heterocycles. The largest absolute Gasteiger partial charge is 0.416 e. The van der Waals surface area contributed by atoms with Gasteiger partial charge in [-0.25, -0.2) is 0 Å². The van der Waals surface area contributed by atoms with Crippen molar-refractivity contribution in [2.45, 2.75) is 63.3 Å². The second-order valence-electron chi connectivity index (χ2n) is 11.0. The topological polar surface area (TPSA) is 56.4 Å². The lowest BCUT2D eigenvalue weighted by molar-refractivity contribution is -0.143. The number of aromatic amines is 1. The lowest BCUT2D eigenvalue weighted by Crippen LogP contribution is -2.57. The highest BCUT2D eigenvalue weighted by Crippen LogP contribution is 2.37. The summed E-state index contributed by atoms with van der Waals surface area (Å²) in [6.07, 6.45) is -2.38. The molecule has 2 amide bonds. The van der Waals surface area contributed by atoms with Crippen molar-refractivity contribution in [1.29, 1.82) is 0 Å². The number of fused-ring (bicyclic) bond motifs is 1. The monoisotopic (exact) mass is 579 g/mol. The van der Waals surface area contributed by atoms with E-state index in [1.165, 1.54) is 4.90 Å². The molecule has 0 spiro atoms. The molecule has 0 bridgehead atoms. The molecular weight excluding hydrogens is 548 g/mol. The Balaban J connectivity index is 1.43. The average molecular weight is 580 g/mol. The Kier molecular flexibility index (Phi) is 8.07. The molecule has 5 rings (SSSR count). The molecule has 3 aromatic rings. The van der Waals surface area contributed by atoms with E-state index in [9.17, 15) is 35.9 Å². The number of amides is 2. The molecule has 11 heteroatoms. The number of carbonyl (C=O) groups is 2. The van der Waals surface area contributed by atoms with E-state index in [0.717, 1.165) is 48.6 Å². The third kappa shape index (κ3) is 6.54. The Morgan fingerprint density at radius 1 is 0.902 bits per heavy atom. The van der Waals surface area contributed by atoms with Crippen LogP contribution in [0.15, 0.2) is 48.7 Å². The van der Waals surface area contributed by atoms with E-state index >= 15 is 0 Å². The molecule has 2 aromatic carbocycles. The summed E-state index contributed by atoms with van der Waals surface area (Å²) < 4.78 is 81.0. The standard InChI is InChI=1S/C30H31F6N3O2/c31-29(32,33)22-13-20(14-23(16-22)30(34,35)36)28(41)39-12-11-38(27(40)10-9-19-5-1-2-6-19)18-24(39)15-21-17-37-26-8-4-3-7-25(21)26/h3-4,7-8,13-14,16-17,19,24,37H,1-2,5-6,9-12,15,18H2/t24-/m1/s1. The van der Waals surface area contributed by atoms with Gasteiger partial charge in [-0.15, -0.1) is 0 Å². The molecule has 220 valence electrons. The highest BCUT2D eigenvalue weighted by molar-refractivity contribution is 5.95. The van der Waals surface area contributed by atoms with Gasteiger partial charge in [-0.3, -0.25) is 9.59 Å². The van der Waals surface area contributed by atoms with Crippen LogP contribution in [0, 0.1) is 5.92 Å². The number of nitrogens with one attached hydrogen (secondary N) is 1. The fraction of sp³-hybridized carbons (Fsp3) is 0.467. The predicted molar refractivity (Wildman–Crippen MR) is 141 cm³/mol. The molecule has 1 aliphatic carbocycles. The average Bonchev–Trinajstić information content (AvgIpc) is 3.60. The van der Waals surface area contributed by atoms with Gasteiger partial charge in [0.2, 0.25) is 5.91 Å². The van der Waals surface area contributed by atoms with E-state index in [-0.39, 0.29) is 38.0 Å². The van der Waals surface area contributed by atoms with Crippen LogP contribution in [0.5, 0.6) is 0 Å². The third-order valence-electron chi connectivity index (χ3n) is 8.30. The number of aromatic nitrogens is 1. The maximum absolute atomic E-state index is 13.6. The summed E-state index contributed by atoms with van der Waals surface area (Å²) in [6.45, 7) is 0.295. The zero-order valence-corrected chi connectivity index (χ0v) is 22.3. The molecule has 41 heavy (non-hydrogen) atoms. The Morgan fingerprint density at radius 2 is 1.56 bits per heavy atom. The van der Waals surface area contributed by atoms with E-state index in [1.807, 2.05) is 24.3 Å². The van der Waals surface area contributed by atoms with Crippen molar-refractivity contribution in [3.63, 3.8) is 0 Å². The van der Waals surface area contributed by atoms with Crippen molar-refractivity contribution in [3.05, 3.63) is 70.9 Å². The zero-order valence-electron chi connectivity index (χ0n) is 22.3. The number of alkyl halides is 6. The van der Waals surface area contributed by atoms with Crippen LogP contribution in [0.25, 0.3) is 10.9 Å². The molecule has 1 atom stereocenters. The molecule has 2 heterocycles. The van der Waals surface area contributed by atoms with Gasteiger partial charge in [0.05, 0.1) is 17.2 Å². The summed E-state index contributed by atoms with van der Waals surface area (Å²) >= 11 is 0. The van der Waals surface area contributed by atoms with Crippen LogP contribution in [0.4, 0.5) is 26.3 Å². The predicted octanol–water partition coefficient (Wildman–Crippen LogP) is 7.07. The van der Waals surface area contributed by atoms with Gasteiger partial charge in [-0.05, 0) is 48.6 Å². The smallest absolute Gasteiger partial charge is 0.361 e. The first kappa shape index (κ1) is 29.0. The van der Waals surface area contributed by atoms with Crippen molar-refractivity contribution in [1.82, 2.24) is 14.8 Å². The Bertz CT molecular complexity index is 1370. The van der Waals surface area contributed by atoms with Gasteiger partial charge < -0.3 is 14.8 Å². The Morgan fingerprint density at radius 3 is 2.22 bits per heavy atom. The van der Waals surface area contributed by atoms with Crippen LogP contribution in [-0.4, -0.2) is 52.3 Å². The number of carbonyl (C=O) groups excluding carboxylic acids is 2. The molecule has 1 N–H and O–H groups in total. The summed E-state index contributed by atoms with van der Waals surface area (Å²) in [5, 5.41) is 0.892. The van der Waals surface area contributed by atoms with Crippen LogP contribution in [0.3, 0.4) is 0 Å². The molecule has 1 saturated carbocycles. The fourth-order valence-corrected chi connectivity index (χ4v) is 6.11. The van der Waals surface area contributed by atoms with E-state index in [0.29, 0.717) is 24.5 Å². The summed E-state index contributed by atoms with van der Waals surface area (Å²) in [4.78, 5) is 32.9. The van der Waals surface area contributed by atoms with E-state index < -0.39 is 41.0 Å². The summed E-state index contributed by atoms with van der Waals surface area (Å²) in [7, 11) is 0. The molecule has 2 aliphatic rings. The van der Waals surface area contributed by atoms with Crippen molar-refractivity contribution >= 4 is 22.7 Å². The SMILES string of the molecule is O=C(CCC1CCCC1)N1CCN(C(=O)c2cc(C(F)(F)F)cc(C(F)(F)F)c2)[C@H](Cc2c[nH]c3ccccc23)C1. The molecule has 2 fully saturated rings. The lowest BCUT2D eigenvalue weighted by atomic mass is 9.98. The number of nitrogens with zero attached hydrogens (tertiary/aromatic N) is 2.